The summed E-state index contributed by atoms with van der Waals surface area (Å²) in [5, 5.41) is 3.89. The van der Waals surface area contributed by atoms with E-state index < -0.39 is 11.3 Å². The molecule has 0 unspecified atom stereocenters. The fraction of sp³-hybridized carbons (Fsp3) is 0.0357. The van der Waals surface area contributed by atoms with Crippen LogP contribution in [0.5, 0.6) is 17.4 Å². The van der Waals surface area contributed by atoms with Gasteiger partial charge in [0, 0.05) is 30.0 Å². The maximum Gasteiger partial charge on any atom is 0.261 e. The first kappa shape index (κ1) is 22.9. The van der Waals surface area contributed by atoms with Crippen molar-refractivity contribution in [2.75, 3.05) is 12.4 Å². The minimum Gasteiger partial charge on any atom is -0.497 e. The van der Waals surface area contributed by atoms with Crippen molar-refractivity contribution in [3.05, 3.63) is 107 Å². The molecule has 0 fully saturated rings. The number of hydrogen-bond acceptors (Lipinski definition) is 7. The zero-order valence-corrected chi connectivity index (χ0v) is 20.1. The number of fused-ring (bicyclic) bond motifs is 2. The van der Waals surface area contributed by atoms with Gasteiger partial charge in [-0.05, 0) is 66.7 Å². The number of carbonyl (C=O) groups is 1. The van der Waals surface area contributed by atoms with E-state index in [1.807, 2.05) is 18.2 Å². The Labute approximate surface area is 215 Å². The molecule has 0 spiro atoms. The topological polar surface area (TPSA) is 124 Å². The van der Waals surface area contributed by atoms with Gasteiger partial charge in [0.05, 0.1) is 17.9 Å². The lowest BCUT2D eigenvalue weighted by molar-refractivity contribution is 0.102. The maximum atomic E-state index is 13.2. The van der Waals surface area contributed by atoms with E-state index in [9.17, 15) is 9.59 Å². The number of amides is 1. The highest BCUT2D eigenvalue weighted by molar-refractivity contribution is 6.05. The van der Waals surface area contributed by atoms with Crippen LogP contribution in [0.15, 0.2) is 96.4 Å². The molecule has 4 heterocycles. The lowest BCUT2D eigenvalue weighted by atomic mass is 10.1. The number of aromatic amines is 1. The molecular formula is C28H20N6O4. The van der Waals surface area contributed by atoms with E-state index in [0.717, 1.165) is 11.1 Å². The second kappa shape index (κ2) is 9.51. The highest BCUT2D eigenvalue weighted by Crippen LogP contribution is 2.27. The molecule has 0 atom stereocenters. The first-order valence-corrected chi connectivity index (χ1v) is 11.6. The predicted octanol–water partition coefficient (Wildman–Crippen LogP) is 4.71. The van der Waals surface area contributed by atoms with E-state index in [-0.39, 0.29) is 5.56 Å². The van der Waals surface area contributed by atoms with Crippen molar-refractivity contribution in [3.63, 3.8) is 0 Å². The van der Waals surface area contributed by atoms with Gasteiger partial charge in [0.1, 0.15) is 34.7 Å². The molecule has 38 heavy (non-hydrogen) atoms. The summed E-state index contributed by atoms with van der Waals surface area (Å²) in [5.74, 6) is 1.09. The smallest absolute Gasteiger partial charge is 0.261 e. The minimum absolute atomic E-state index is 0.0162. The molecule has 186 valence electrons. The molecule has 1 amide bonds. The molecule has 4 aromatic heterocycles. The Morgan fingerprint density at radius 1 is 0.921 bits per heavy atom. The number of pyridine rings is 2. The summed E-state index contributed by atoms with van der Waals surface area (Å²) in [7, 11) is 1.59. The average Bonchev–Trinajstić information content (AvgIpc) is 3.45. The van der Waals surface area contributed by atoms with Crippen LogP contribution in [-0.4, -0.2) is 37.5 Å². The summed E-state index contributed by atoms with van der Waals surface area (Å²) in [6, 6.07) is 19.2. The Morgan fingerprint density at radius 3 is 2.50 bits per heavy atom. The largest absolute Gasteiger partial charge is 0.497 e. The van der Waals surface area contributed by atoms with Gasteiger partial charge in [0.25, 0.3) is 5.91 Å². The maximum absolute atomic E-state index is 13.2. The molecule has 10 nitrogen and oxygen atoms in total. The van der Waals surface area contributed by atoms with Crippen LogP contribution in [0.4, 0.5) is 5.69 Å². The molecule has 0 bridgehead atoms. The molecule has 0 saturated heterocycles. The van der Waals surface area contributed by atoms with Gasteiger partial charge in [-0.3, -0.25) is 9.59 Å². The zero-order valence-electron chi connectivity index (χ0n) is 20.1. The van der Waals surface area contributed by atoms with Crippen molar-refractivity contribution < 1.29 is 14.3 Å². The number of hydrogen-bond donors (Lipinski definition) is 2. The third-order valence-electron chi connectivity index (χ3n) is 6.00. The van der Waals surface area contributed by atoms with Crippen LogP contribution < -0.4 is 20.2 Å². The average molecular weight is 505 g/mol. The minimum atomic E-state index is -0.540. The summed E-state index contributed by atoms with van der Waals surface area (Å²) in [6.45, 7) is 0. The number of methoxy groups -OCH3 is 1. The lowest BCUT2D eigenvalue weighted by Crippen LogP contribution is -2.24. The molecule has 0 aliphatic carbocycles. The fourth-order valence-electron chi connectivity index (χ4n) is 4.11. The Hall–Kier alpha value is -5.51. The van der Waals surface area contributed by atoms with Gasteiger partial charge in [0.2, 0.25) is 11.3 Å². The molecular weight excluding hydrogens is 484 g/mol. The van der Waals surface area contributed by atoms with Gasteiger partial charge < -0.3 is 24.3 Å². The third kappa shape index (κ3) is 4.20. The van der Waals surface area contributed by atoms with E-state index in [4.69, 9.17) is 9.47 Å². The van der Waals surface area contributed by atoms with Crippen molar-refractivity contribution in [3.8, 4) is 23.1 Å². The van der Waals surface area contributed by atoms with Crippen LogP contribution in [0.25, 0.3) is 27.8 Å². The highest BCUT2D eigenvalue weighted by atomic mass is 16.5. The standard InChI is InChI=1S/C28H20N6O4/c1-37-19-10-6-18(7-11-19)34-15-23(24(35)21-3-2-13-30-26(21)34)27(36)33-17-4-8-20(9-5-17)38-28-22-12-14-29-25(22)31-16-32-28/h2-16H,1H3,(H,33,36)(H,29,31,32). The van der Waals surface area contributed by atoms with Crippen molar-refractivity contribution >= 4 is 33.7 Å². The van der Waals surface area contributed by atoms with Gasteiger partial charge in [0.15, 0.2) is 0 Å². The first-order chi connectivity index (χ1) is 18.6. The van der Waals surface area contributed by atoms with E-state index in [0.29, 0.717) is 39.7 Å². The predicted molar refractivity (Wildman–Crippen MR) is 142 cm³/mol. The van der Waals surface area contributed by atoms with Gasteiger partial charge in [-0.2, -0.15) is 0 Å². The summed E-state index contributed by atoms with van der Waals surface area (Å²) < 4.78 is 12.8. The van der Waals surface area contributed by atoms with Crippen LogP contribution in [-0.2, 0) is 0 Å². The molecule has 0 radical (unpaired) electrons. The van der Waals surface area contributed by atoms with E-state index in [2.05, 4.69) is 25.3 Å². The Kier molecular flexibility index (Phi) is 5.74. The van der Waals surface area contributed by atoms with Crippen LogP contribution in [0, 0.1) is 0 Å². The second-order valence-electron chi connectivity index (χ2n) is 8.31. The van der Waals surface area contributed by atoms with Gasteiger partial charge in [-0.25, -0.2) is 15.0 Å². The van der Waals surface area contributed by atoms with Crippen molar-refractivity contribution in [2.24, 2.45) is 0 Å². The normalized spacial score (nSPS) is 11.0. The highest BCUT2D eigenvalue weighted by Gasteiger charge is 2.17. The van der Waals surface area contributed by atoms with Crippen LogP contribution in [0.2, 0.25) is 0 Å². The van der Waals surface area contributed by atoms with Crippen LogP contribution in [0.3, 0.4) is 0 Å². The van der Waals surface area contributed by atoms with Gasteiger partial charge in [-0.1, -0.05) is 0 Å². The number of rotatable bonds is 6. The fourth-order valence-corrected chi connectivity index (χ4v) is 4.11. The summed E-state index contributed by atoms with van der Waals surface area (Å²) in [5.41, 5.74) is 1.92. The number of nitrogens with zero attached hydrogens (tertiary/aromatic N) is 4. The molecule has 0 aliphatic heterocycles. The molecule has 10 heteroatoms. The number of carbonyl (C=O) groups excluding carboxylic acids is 1. The molecule has 2 aromatic carbocycles. The monoisotopic (exact) mass is 504 g/mol. The molecule has 6 rings (SSSR count). The zero-order chi connectivity index (χ0) is 26.1. The van der Waals surface area contributed by atoms with Crippen LogP contribution in [0.1, 0.15) is 10.4 Å². The number of nitrogens with one attached hydrogen (secondary N) is 2. The van der Waals surface area contributed by atoms with Crippen LogP contribution >= 0.6 is 0 Å². The number of anilines is 1. The summed E-state index contributed by atoms with van der Waals surface area (Å²) in [6.07, 6.45) is 6.29. The van der Waals surface area contributed by atoms with Crippen molar-refractivity contribution in [1.82, 2.24) is 24.5 Å². The second-order valence-corrected chi connectivity index (χ2v) is 8.31. The van der Waals surface area contributed by atoms with E-state index in [1.165, 1.54) is 12.5 Å². The Balaban J connectivity index is 1.29. The van der Waals surface area contributed by atoms with Crippen molar-refractivity contribution in [1.29, 1.82) is 0 Å². The Bertz CT molecular complexity index is 1840. The summed E-state index contributed by atoms with van der Waals surface area (Å²) >= 11 is 0. The molecule has 6 aromatic rings. The quantitative estimate of drug-likeness (QED) is 0.337. The molecule has 0 saturated carbocycles. The van der Waals surface area contributed by atoms with Gasteiger partial charge >= 0.3 is 0 Å². The number of benzene rings is 2. The SMILES string of the molecule is COc1ccc(-n2cc(C(=O)Nc3ccc(Oc4ncnc5[nH]ccc45)cc3)c(=O)c3cccnc32)cc1. The number of aromatic nitrogens is 5. The van der Waals surface area contributed by atoms with E-state index in [1.54, 1.807) is 72.6 Å². The van der Waals surface area contributed by atoms with Crippen molar-refractivity contribution in [2.45, 2.75) is 0 Å². The lowest BCUT2D eigenvalue weighted by Gasteiger charge is -2.13. The Morgan fingerprint density at radius 2 is 1.71 bits per heavy atom. The number of H-pyrrole nitrogens is 1. The molecule has 0 aliphatic rings. The molecule has 2 N–H and O–H groups in total. The van der Waals surface area contributed by atoms with E-state index >= 15 is 0 Å². The summed E-state index contributed by atoms with van der Waals surface area (Å²) in [4.78, 5) is 42.2. The number of ether oxygens (including phenoxy) is 2. The third-order valence-corrected chi connectivity index (χ3v) is 6.00. The van der Waals surface area contributed by atoms with Gasteiger partial charge in [-0.15, -0.1) is 0 Å². The first-order valence-electron chi connectivity index (χ1n) is 11.6.